The SMILES string of the molecule is COc1ccccc1NC(=O)N[C@@H](Cc1ccccc1)C(=O)N(CC(=O)NO)CC1CCCC1. The first kappa shape index (κ1) is 25.0. The van der Waals surface area contributed by atoms with E-state index in [9.17, 15) is 14.4 Å². The number of hydroxylamine groups is 1. The second-order valence-electron chi connectivity index (χ2n) is 8.45. The molecule has 2 aromatic rings. The van der Waals surface area contributed by atoms with Gasteiger partial charge in [0.05, 0.1) is 12.8 Å². The summed E-state index contributed by atoms with van der Waals surface area (Å²) in [5, 5.41) is 14.5. The Morgan fingerprint density at radius 1 is 1.06 bits per heavy atom. The first-order valence-corrected chi connectivity index (χ1v) is 11.5. The van der Waals surface area contributed by atoms with E-state index in [1.807, 2.05) is 30.3 Å². The van der Waals surface area contributed by atoms with E-state index in [0.717, 1.165) is 31.2 Å². The zero-order valence-corrected chi connectivity index (χ0v) is 19.3. The second kappa shape index (κ2) is 12.6. The Balaban J connectivity index is 1.79. The largest absolute Gasteiger partial charge is 0.495 e. The van der Waals surface area contributed by atoms with Crippen molar-refractivity contribution in [2.24, 2.45) is 5.92 Å². The van der Waals surface area contributed by atoms with Gasteiger partial charge in [0.1, 0.15) is 18.3 Å². The average Bonchev–Trinajstić information content (AvgIpc) is 3.37. The van der Waals surface area contributed by atoms with Gasteiger partial charge < -0.3 is 20.3 Å². The number of hydrogen-bond acceptors (Lipinski definition) is 5. The highest BCUT2D eigenvalue weighted by Crippen LogP contribution is 2.26. The number of anilines is 1. The minimum absolute atomic E-state index is 0.251. The lowest BCUT2D eigenvalue weighted by molar-refractivity contribution is -0.141. The number of urea groups is 1. The third-order valence-electron chi connectivity index (χ3n) is 5.97. The Morgan fingerprint density at radius 2 is 1.74 bits per heavy atom. The summed E-state index contributed by atoms with van der Waals surface area (Å²) in [7, 11) is 1.51. The van der Waals surface area contributed by atoms with E-state index >= 15 is 0 Å². The molecule has 1 aliphatic rings. The van der Waals surface area contributed by atoms with Crippen molar-refractivity contribution in [2.45, 2.75) is 38.1 Å². The molecule has 34 heavy (non-hydrogen) atoms. The lowest BCUT2D eigenvalue weighted by atomic mass is 10.0. The van der Waals surface area contributed by atoms with Gasteiger partial charge in [-0.25, -0.2) is 10.3 Å². The highest BCUT2D eigenvalue weighted by atomic mass is 16.5. The number of benzene rings is 2. The van der Waals surface area contributed by atoms with Crippen LogP contribution in [0.2, 0.25) is 0 Å². The molecule has 0 heterocycles. The Kier molecular flexibility index (Phi) is 9.28. The van der Waals surface area contributed by atoms with Crippen molar-refractivity contribution in [3.8, 4) is 5.75 Å². The van der Waals surface area contributed by atoms with Gasteiger partial charge in [0.2, 0.25) is 5.91 Å². The maximum atomic E-state index is 13.6. The van der Waals surface area contributed by atoms with Crippen molar-refractivity contribution in [2.75, 3.05) is 25.5 Å². The molecule has 1 aliphatic carbocycles. The second-order valence-corrected chi connectivity index (χ2v) is 8.45. The topological polar surface area (TPSA) is 120 Å². The third-order valence-corrected chi connectivity index (χ3v) is 5.97. The fraction of sp³-hybridized carbons (Fsp3) is 0.400. The molecule has 0 unspecified atom stereocenters. The molecule has 0 saturated heterocycles. The van der Waals surface area contributed by atoms with E-state index < -0.39 is 18.0 Å². The van der Waals surface area contributed by atoms with Crippen molar-refractivity contribution in [3.05, 3.63) is 60.2 Å². The van der Waals surface area contributed by atoms with Crippen molar-refractivity contribution >= 4 is 23.5 Å². The predicted octanol–water partition coefficient (Wildman–Crippen LogP) is 2.95. The van der Waals surface area contributed by atoms with E-state index in [0.29, 0.717) is 18.0 Å². The summed E-state index contributed by atoms with van der Waals surface area (Å²) in [4.78, 5) is 39.8. The number of nitrogens with one attached hydrogen (secondary N) is 3. The molecule has 1 atom stereocenters. The van der Waals surface area contributed by atoms with Crippen LogP contribution in [0.1, 0.15) is 31.2 Å². The number of nitrogens with zero attached hydrogens (tertiary/aromatic N) is 1. The fourth-order valence-corrected chi connectivity index (χ4v) is 4.28. The molecule has 0 radical (unpaired) electrons. The molecule has 4 amide bonds. The number of ether oxygens (including phenoxy) is 1. The first-order chi connectivity index (χ1) is 16.5. The third kappa shape index (κ3) is 7.21. The molecule has 0 bridgehead atoms. The van der Waals surface area contributed by atoms with Gasteiger partial charge in [0.15, 0.2) is 0 Å². The number of methoxy groups -OCH3 is 1. The normalized spacial score (nSPS) is 14.2. The van der Waals surface area contributed by atoms with E-state index in [-0.39, 0.29) is 24.8 Å². The molecule has 1 fully saturated rings. The van der Waals surface area contributed by atoms with Crippen LogP contribution >= 0.6 is 0 Å². The van der Waals surface area contributed by atoms with Gasteiger partial charge in [-0.2, -0.15) is 0 Å². The van der Waals surface area contributed by atoms with E-state index in [1.54, 1.807) is 29.7 Å². The fourth-order valence-electron chi connectivity index (χ4n) is 4.28. The van der Waals surface area contributed by atoms with Crippen LogP contribution in [-0.2, 0) is 16.0 Å². The first-order valence-electron chi connectivity index (χ1n) is 11.5. The zero-order valence-electron chi connectivity index (χ0n) is 19.3. The van der Waals surface area contributed by atoms with Crippen molar-refractivity contribution < 1.29 is 24.3 Å². The molecule has 2 aromatic carbocycles. The van der Waals surface area contributed by atoms with E-state index in [2.05, 4.69) is 10.6 Å². The van der Waals surface area contributed by atoms with Gasteiger partial charge in [-0.05, 0) is 36.5 Å². The predicted molar refractivity (Wildman–Crippen MR) is 128 cm³/mol. The molecular formula is C25H32N4O5. The van der Waals surface area contributed by atoms with Gasteiger partial charge in [0.25, 0.3) is 5.91 Å². The summed E-state index contributed by atoms with van der Waals surface area (Å²) < 4.78 is 5.28. The molecule has 182 valence electrons. The Morgan fingerprint density at radius 3 is 2.41 bits per heavy atom. The monoisotopic (exact) mass is 468 g/mol. The van der Waals surface area contributed by atoms with Crippen LogP contribution in [0.5, 0.6) is 5.75 Å². The minimum Gasteiger partial charge on any atom is -0.495 e. The van der Waals surface area contributed by atoms with Crippen molar-refractivity contribution in [3.63, 3.8) is 0 Å². The highest BCUT2D eigenvalue weighted by Gasteiger charge is 2.30. The van der Waals surface area contributed by atoms with Crippen LogP contribution in [-0.4, -0.2) is 54.2 Å². The summed E-state index contributed by atoms with van der Waals surface area (Å²) in [5.41, 5.74) is 2.94. The van der Waals surface area contributed by atoms with E-state index in [1.165, 1.54) is 12.0 Å². The quantitative estimate of drug-likeness (QED) is 0.316. The number of carbonyl (C=O) groups is 3. The zero-order chi connectivity index (χ0) is 24.3. The average molecular weight is 469 g/mol. The summed E-state index contributed by atoms with van der Waals surface area (Å²) >= 11 is 0. The molecule has 0 aliphatic heterocycles. The Hall–Kier alpha value is -3.59. The molecule has 9 heteroatoms. The van der Waals surface area contributed by atoms with Crippen LogP contribution in [0.25, 0.3) is 0 Å². The molecule has 1 saturated carbocycles. The standard InChI is InChI=1S/C25H32N4O5/c1-34-22-14-8-7-13-20(22)26-25(32)27-21(15-18-9-3-2-4-10-18)24(31)29(17-23(30)28-33)16-19-11-5-6-12-19/h2-4,7-10,13-14,19,21,33H,5-6,11-12,15-17H2,1H3,(H,28,30)(H2,26,27,32)/t21-/m0/s1. The van der Waals surface area contributed by atoms with Crippen LogP contribution in [0.4, 0.5) is 10.5 Å². The summed E-state index contributed by atoms with van der Waals surface area (Å²) in [6.45, 7) is 0.111. The number of amides is 4. The maximum Gasteiger partial charge on any atom is 0.320 e. The lowest BCUT2D eigenvalue weighted by Gasteiger charge is -2.29. The Bertz CT molecular complexity index is 963. The van der Waals surface area contributed by atoms with Gasteiger partial charge in [-0.1, -0.05) is 55.3 Å². The van der Waals surface area contributed by atoms with Gasteiger partial charge in [0, 0.05) is 13.0 Å². The summed E-state index contributed by atoms with van der Waals surface area (Å²) in [6, 6.07) is 14.9. The minimum atomic E-state index is -0.912. The molecule has 0 spiro atoms. The van der Waals surface area contributed by atoms with Crippen molar-refractivity contribution in [1.82, 2.24) is 15.7 Å². The number of rotatable bonds is 10. The van der Waals surface area contributed by atoms with Crippen molar-refractivity contribution in [1.29, 1.82) is 0 Å². The Labute approximate surface area is 199 Å². The molecule has 3 rings (SSSR count). The smallest absolute Gasteiger partial charge is 0.320 e. The molecule has 9 nitrogen and oxygen atoms in total. The maximum absolute atomic E-state index is 13.6. The molecular weight excluding hydrogens is 436 g/mol. The number of carbonyl (C=O) groups excluding carboxylic acids is 3. The van der Waals surface area contributed by atoms with Crippen LogP contribution < -0.4 is 20.9 Å². The van der Waals surface area contributed by atoms with Crippen LogP contribution in [0.3, 0.4) is 0 Å². The molecule has 4 N–H and O–H groups in total. The number of para-hydroxylation sites is 2. The number of hydrogen-bond donors (Lipinski definition) is 4. The van der Waals surface area contributed by atoms with Gasteiger partial charge in [-0.15, -0.1) is 0 Å². The highest BCUT2D eigenvalue weighted by molar-refractivity contribution is 5.95. The van der Waals surface area contributed by atoms with E-state index in [4.69, 9.17) is 9.94 Å². The van der Waals surface area contributed by atoms with Gasteiger partial charge in [-0.3, -0.25) is 14.8 Å². The van der Waals surface area contributed by atoms with Gasteiger partial charge >= 0.3 is 6.03 Å². The summed E-state index contributed by atoms with van der Waals surface area (Å²) in [6.07, 6.45) is 4.39. The lowest BCUT2D eigenvalue weighted by Crippen LogP contribution is -2.53. The molecule has 0 aromatic heterocycles. The van der Waals surface area contributed by atoms with Crippen LogP contribution in [0, 0.1) is 5.92 Å². The summed E-state index contributed by atoms with van der Waals surface area (Å²) in [5.74, 6) is -0.279. The van der Waals surface area contributed by atoms with Crippen LogP contribution in [0.15, 0.2) is 54.6 Å².